The van der Waals surface area contributed by atoms with Crippen molar-refractivity contribution in [3.8, 4) is 0 Å². The Morgan fingerprint density at radius 2 is 2.42 bits per heavy atom. The molecule has 0 bridgehead atoms. The van der Waals surface area contributed by atoms with Crippen molar-refractivity contribution < 1.29 is 4.79 Å². The van der Waals surface area contributed by atoms with E-state index in [1.165, 1.54) is 0 Å². The fourth-order valence-electron chi connectivity index (χ4n) is 2.77. The van der Waals surface area contributed by atoms with Gasteiger partial charge in [0, 0.05) is 19.8 Å². The van der Waals surface area contributed by atoms with Crippen LogP contribution in [0.1, 0.15) is 31.0 Å². The summed E-state index contributed by atoms with van der Waals surface area (Å²) in [6, 6.07) is 5.76. The van der Waals surface area contributed by atoms with E-state index in [1.54, 1.807) is 13.2 Å². The fourth-order valence-corrected chi connectivity index (χ4v) is 2.77. The Hall–Kier alpha value is -1.46. The highest BCUT2D eigenvalue weighted by atomic mass is 16.2. The maximum atomic E-state index is 12.0. The van der Waals surface area contributed by atoms with Crippen molar-refractivity contribution in [1.29, 1.82) is 0 Å². The number of rotatable bonds is 4. The summed E-state index contributed by atoms with van der Waals surface area (Å²) in [4.78, 5) is 18.6. The maximum Gasteiger partial charge on any atom is 0.237 e. The lowest BCUT2D eigenvalue weighted by atomic mass is 9.97. The molecule has 1 aromatic heterocycles. The highest BCUT2D eigenvalue weighted by Gasteiger charge is 2.33. The molecule has 19 heavy (non-hydrogen) atoms. The van der Waals surface area contributed by atoms with Crippen molar-refractivity contribution in [3.63, 3.8) is 0 Å². The zero-order valence-corrected chi connectivity index (χ0v) is 11.4. The average molecular weight is 262 g/mol. The predicted octanol–water partition coefficient (Wildman–Crippen LogP) is 0.682. The Morgan fingerprint density at radius 3 is 3.05 bits per heavy atom. The highest BCUT2D eigenvalue weighted by Crippen LogP contribution is 2.27. The highest BCUT2D eigenvalue weighted by molar-refractivity contribution is 5.81. The normalized spacial score (nSPS) is 21.9. The number of nitrogens with zero attached hydrogens (tertiary/aromatic N) is 2. The van der Waals surface area contributed by atoms with Crippen LogP contribution in [0, 0.1) is 0 Å². The van der Waals surface area contributed by atoms with Gasteiger partial charge in [-0.25, -0.2) is 0 Å². The fraction of sp³-hybridized carbons (Fsp3) is 0.571. The molecule has 104 valence electrons. The molecule has 2 heterocycles. The molecule has 2 unspecified atom stereocenters. The first-order valence-corrected chi connectivity index (χ1v) is 6.86. The molecule has 0 aromatic carbocycles. The van der Waals surface area contributed by atoms with E-state index in [-0.39, 0.29) is 18.0 Å². The lowest BCUT2D eigenvalue weighted by molar-refractivity contribution is -0.128. The summed E-state index contributed by atoms with van der Waals surface area (Å²) in [5.41, 5.74) is 6.87. The summed E-state index contributed by atoms with van der Waals surface area (Å²) in [5.74, 6) is 0.0779. The monoisotopic (exact) mass is 262 g/mol. The van der Waals surface area contributed by atoms with Gasteiger partial charge in [-0.3, -0.25) is 14.7 Å². The van der Waals surface area contributed by atoms with Crippen LogP contribution in [-0.4, -0.2) is 42.0 Å². The standard InChI is InChI=1S/C14H22N4O/c1-16-14(19)12-7-3-5-9-18(12)13(10-15)11-6-2-4-8-17-11/h2,4,6,8,12-13H,3,5,7,9-10,15H2,1H3,(H,16,19). The van der Waals surface area contributed by atoms with Crippen LogP contribution in [0.15, 0.2) is 24.4 Å². The van der Waals surface area contributed by atoms with Gasteiger partial charge in [-0.05, 0) is 31.5 Å². The van der Waals surface area contributed by atoms with Gasteiger partial charge in [0.05, 0.1) is 17.8 Å². The molecule has 1 amide bonds. The summed E-state index contributed by atoms with van der Waals surface area (Å²) in [7, 11) is 1.69. The third-order valence-electron chi connectivity index (χ3n) is 3.75. The molecule has 2 rings (SSSR count). The topological polar surface area (TPSA) is 71.2 Å². The van der Waals surface area contributed by atoms with Gasteiger partial charge in [-0.1, -0.05) is 12.5 Å². The second-order valence-corrected chi connectivity index (χ2v) is 4.87. The van der Waals surface area contributed by atoms with Gasteiger partial charge in [-0.2, -0.15) is 0 Å². The number of likely N-dealkylation sites (N-methyl/N-ethyl adjacent to an activating group) is 1. The summed E-state index contributed by atoms with van der Waals surface area (Å²) < 4.78 is 0. The Balaban J connectivity index is 2.22. The van der Waals surface area contributed by atoms with E-state index < -0.39 is 0 Å². The van der Waals surface area contributed by atoms with Crippen molar-refractivity contribution in [2.45, 2.75) is 31.3 Å². The number of carbonyl (C=O) groups excluding carboxylic acids is 1. The number of amides is 1. The van der Waals surface area contributed by atoms with Gasteiger partial charge in [0.1, 0.15) is 0 Å². The molecular weight excluding hydrogens is 240 g/mol. The van der Waals surface area contributed by atoms with Crippen LogP contribution < -0.4 is 11.1 Å². The number of nitrogens with one attached hydrogen (secondary N) is 1. The van der Waals surface area contributed by atoms with Crippen LogP contribution in [0.4, 0.5) is 0 Å². The van der Waals surface area contributed by atoms with Crippen molar-refractivity contribution in [2.75, 3.05) is 20.1 Å². The van der Waals surface area contributed by atoms with E-state index >= 15 is 0 Å². The summed E-state index contributed by atoms with van der Waals surface area (Å²) in [6.45, 7) is 1.38. The Morgan fingerprint density at radius 1 is 1.58 bits per heavy atom. The van der Waals surface area contributed by atoms with Crippen molar-refractivity contribution in [2.24, 2.45) is 5.73 Å². The number of pyridine rings is 1. The van der Waals surface area contributed by atoms with Gasteiger partial charge in [0.15, 0.2) is 0 Å². The second-order valence-electron chi connectivity index (χ2n) is 4.87. The summed E-state index contributed by atoms with van der Waals surface area (Å²) >= 11 is 0. The molecule has 1 fully saturated rings. The average Bonchev–Trinajstić information content (AvgIpc) is 2.49. The van der Waals surface area contributed by atoms with Crippen molar-refractivity contribution >= 4 is 5.91 Å². The molecule has 1 aromatic rings. The molecule has 2 atom stereocenters. The SMILES string of the molecule is CNC(=O)C1CCCCN1C(CN)c1ccccn1. The minimum atomic E-state index is -0.0886. The molecule has 0 spiro atoms. The van der Waals surface area contributed by atoms with E-state index in [1.807, 2.05) is 18.2 Å². The van der Waals surface area contributed by atoms with E-state index in [2.05, 4.69) is 15.2 Å². The van der Waals surface area contributed by atoms with Gasteiger partial charge < -0.3 is 11.1 Å². The van der Waals surface area contributed by atoms with E-state index in [0.717, 1.165) is 31.5 Å². The summed E-state index contributed by atoms with van der Waals surface area (Å²) in [6.07, 6.45) is 4.87. The lowest BCUT2D eigenvalue weighted by Gasteiger charge is -2.39. The van der Waals surface area contributed by atoms with Crippen LogP contribution in [0.5, 0.6) is 0 Å². The number of carbonyl (C=O) groups is 1. The summed E-state index contributed by atoms with van der Waals surface area (Å²) in [5, 5.41) is 2.75. The van der Waals surface area contributed by atoms with Crippen LogP contribution in [-0.2, 0) is 4.79 Å². The number of hydrogen-bond acceptors (Lipinski definition) is 4. The van der Waals surface area contributed by atoms with Crippen LogP contribution in [0.2, 0.25) is 0 Å². The third kappa shape index (κ3) is 3.11. The van der Waals surface area contributed by atoms with Crippen LogP contribution >= 0.6 is 0 Å². The molecular formula is C14H22N4O. The van der Waals surface area contributed by atoms with E-state index in [9.17, 15) is 4.79 Å². The Labute approximate surface area is 114 Å². The number of likely N-dealkylation sites (tertiary alicyclic amines) is 1. The molecule has 5 heteroatoms. The molecule has 1 aliphatic heterocycles. The van der Waals surface area contributed by atoms with E-state index in [4.69, 9.17) is 5.73 Å². The molecule has 1 saturated heterocycles. The maximum absolute atomic E-state index is 12.0. The van der Waals surface area contributed by atoms with Gasteiger partial charge >= 0.3 is 0 Å². The lowest BCUT2D eigenvalue weighted by Crippen LogP contribution is -2.51. The van der Waals surface area contributed by atoms with Crippen molar-refractivity contribution in [3.05, 3.63) is 30.1 Å². The predicted molar refractivity (Wildman–Crippen MR) is 74.4 cm³/mol. The minimum Gasteiger partial charge on any atom is -0.358 e. The van der Waals surface area contributed by atoms with Crippen LogP contribution in [0.25, 0.3) is 0 Å². The smallest absolute Gasteiger partial charge is 0.237 e. The van der Waals surface area contributed by atoms with Crippen LogP contribution in [0.3, 0.4) is 0 Å². The molecule has 3 N–H and O–H groups in total. The van der Waals surface area contributed by atoms with Gasteiger partial charge in [0.25, 0.3) is 0 Å². The molecule has 0 radical (unpaired) electrons. The third-order valence-corrected chi connectivity index (χ3v) is 3.75. The first-order chi connectivity index (χ1) is 9.27. The van der Waals surface area contributed by atoms with Gasteiger partial charge in [0.2, 0.25) is 5.91 Å². The van der Waals surface area contributed by atoms with E-state index in [0.29, 0.717) is 6.54 Å². The molecule has 5 nitrogen and oxygen atoms in total. The number of nitrogens with two attached hydrogens (primary N) is 1. The molecule has 1 aliphatic rings. The zero-order chi connectivity index (χ0) is 13.7. The second kappa shape index (κ2) is 6.63. The number of piperidine rings is 1. The largest absolute Gasteiger partial charge is 0.358 e. The quantitative estimate of drug-likeness (QED) is 0.837. The van der Waals surface area contributed by atoms with Gasteiger partial charge in [-0.15, -0.1) is 0 Å². The zero-order valence-electron chi connectivity index (χ0n) is 11.4. The number of hydrogen-bond donors (Lipinski definition) is 2. The minimum absolute atomic E-state index is 0.0174. The molecule has 0 aliphatic carbocycles. The molecule has 0 saturated carbocycles. The van der Waals surface area contributed by atoms with Crippen molar-refractivity contribution in [1.82, 2.24) is 15.2 Å². The first-order valence-electron chi connectivity index (χ1n) is 6.86. The number of aromatic nitrogens is 1. The Kier molecular flexibility index (Phi) is 4.87. The first kappa shape index (κ1) is 14.0. The Bertz CT molecular complexity index is 409.